The third-order valence-electron chi connectivity index (χ3n) is 3.87. The zero-order valence-electron chi connectivity index (χ0n) is 11.1. The maximum absolute atomic E-state index is 10.9. The Balaban J connectivity index is 1.94. The molecular formula is C14H20O4S. The molecule has 19 heavy (non-hydrogen) atoms. The molecule has 1 aromatic carbocycles. The molecule has 5 heteroatoms. The highest BCUT2D eigenvalue weighted by Gasteiger charge is 2.21. The first kappa shape index (κ1) is 14.5. The van der Waals surface area contributed by atoms with Crippen molar-refractivity contribution in [2.75, 3.05) is 7.11 Å². The molecule has 1 N–H and O–H groups in total. The van der Waals surface area contributed by atoms with E-state index in [0.29, 0.717) is 12.0 Å². The summed E-state index contributed by atoms with van der Waals surface area (Å²) in [6.45, 7) is 0. The van der Waals surface area contributed by atoms with Gasteiger partial charge in [-0.15, -0.1) is 0 Å². The molecule has 4 nitrogen and oxygen atoms in total. The van der Waals surface area contributed by atoms with Gasteiger partial charge in [-0.05, 0) is 55.7 Å². The quantitative estimate of drug-likeness (QED) is 0.863. The lowest BCUT2D eigenvalue weighted by molar-refractivity contribution is 0.0568. The van der Waals surface area contributed by atoms with Crippen LogP contribution in [-0.4, -0.2) is 26.2 Å². The van der Waals surface area contributed by atoms with Crippen LogP contribution in [0.4, 0.5) is 0 Å². The monoisotopic (exact) mass is 284 g/mol. The summed E-state index contributed by atoms with van der Waals surface area (Å²) in [5, 5.41) is 0. The second kappa shape index (κ2) is 6.03. The average molecular weight is 284 g/mol. The number of rotatable bonds is 4. The molecule has 0 unspecified atom stereocenters. The van der Waals surface area contributed by atoms with E-state index < -0.39 is 10.1 Å². The van der Waals surface area contributed by atoms with E-state index in [1.165, 1.54) is 12.1 Å². The number of ether oxygens (including phenoxy) is 1. The van der Waals surface area contributed by atoms with E-state index in [-0.39, 0.29) is 4.90 Å². The van der Waals surface area contributed by atoms with Gasteiger partial charge in [0.2, 0.25) is 0 Å². The van der Waals surface area contributed by atoms with Crippen LogP contribution >= 0.6 is 0 Å². The molecule has 1 aliphatic carbocycles. The lowest BCUT2D eigenvalue weighted by Gasteiger charge is -2.27. The van der Waals surface area contributed by atoms with E-state index in [0.717, 1.165) is 37.7 Å². The Morgan fingerprint density at radius 2 is 1.74 bits per heavy atom. The van der Waals surface area contributed by atoms with Crippen LogP contribution < -0.4 is 0 Å². The lowest BCUT2D eigenvalue weighted by atomic mass is 9.83. The summed E-state index contributed by atoms with van der Waals surface area (Å²) < 4.78 is 36.2. The van der Waals surface area contributed by atoms with Gasteiger partial charge in [-0.2, -0.15) is 8.42 Å². The van der Waals surface area contributed by atoms with E-state index in [1.807, 2.05) is 0 Å². The molecule has 0 aromatic heterocycles. The molecular weight excluding hydrogens is 264 g/mol. The maximum atomic E-state index is 10.9. The fourth-order valence-electron chi connectivity index (χ4n) is 2.70. The van der Waals surface area contributed by atoms with Crippen LogP contribution in [0.15, 0.2) is 29.2 Å². The third kappa shape index (κ3) is 4.03. The summed E-state index contributed by atoms with van der Waals surface area (Å²) >= 11 is 0. The summed E-state index contributed by atoms with van der Waals surface area (Å²) in [6.07, 6.45) is 5.87. The molecule has 1 aromatic rings. The molecule has 0 amide bonds. The van der Waals surface area contributed by atoms with E-state index in [4.69, 9.17) is 9.29 Å². The van der Waals surface area contributed by atoms with Gasteiger partial charge in [-0.25, -0.2) is 0 Å². The SMILES string of the molecule is COC1CCC(Cc2ccc(S(=O)(=O)O)cc2)CC1. The third-order valence-corrected chi connectivity index (χ3v) is 4.74. The molecule has 1 saturated carbocycles. The summed E-state index contributed by atoms with van der Waals surface area (Å²) in [6, 6.07) is 6.49. The average Bonchev–Trinajstić information content (AvgIpc) is 2.39. The van der Waals surface area contributed by atoms with Gasteiger partial charge in [0.15, 0.2) is 0 Å². The molecule has 0 aliphatic heterocycles. The normalized spacial score (nSPS) is 24.3. The zero-order valence-corrected chi connectivity index (χ0v) is 11.9. The molecule has 0 spiro atoms. The molecule has 1 fully saturated rings. The number of hydrogen-bond donors (Lipinski definition) is 1. The van der Waals surface area contributed by atoms with Crippen LogP contribution in [-0.2, 0) is 21.3 Å². The molecule has 0 radical (unpaired) electrons. The highest BCUT2D eigenvalue weighted by molar-refractivity contribution is 7.85. The van der Waals surface area contributed by atoms with Crippen LogP contribution in [0.3, 0.4) is 0 Å². The maximum Gasteiger partial charge on any atom is 0.294 e. The predicted molar refractivity (Wildman–Crippen MR) is 72.7 cm³/mol. The van der Waals surface area contributed by atoms with E-state index >= 15 is 0 Å². The van der Waals surface area contributed by atoms with Crippen LogP contribution in [0.2, 0.25) is 0 Å². The fourth-order valence-corrected chi connectivity index (χ4v) is 3.18. The van der Waals surface area contributed by atoms with Gasteiger partial charge in [0.1, 0.15) is 0 Å². The van der Waals surface area contributed by atoms with Crippen molar-refractivity contribution in [1.82, 2.24) is 0 Å². The Hall–Kier alpha value is -0.910. The van der Waals surface area contributed by atoms with Gasteiger partial charge in [0.25, 0.3) is 10.1 Å². The first-order valence-electron chi connectivity index (χ1n) is 6.58. The van der Waals surface area contributed by atoms with Crippen molar-refractivity contribution in [3.8, 4) is 0 Å². The molecule has 0 saturated heterocycles. The van der Waals surface area contributed by atoms with Gasteiger partial charge < -0.3 is 4.74 Å². The van der Waals surface area contributed by atoms with Gasteiger partial charge in [0, 0.05) is 7.11 Å². The summed E-state index contributed by atoms with van der Waals surface area (Å²) in [7, 11) is -2.32. The van der Waals surface area contributed by atoms with Crippen LogP contribution in [0.1, 0.15) is 31.2 Å². The van der Waals surface area contributed by atoms with Crippen molar-refractivity contribution < 1.29 is 17.7 Å². The standard InChI is InChI=1S/C14H20O4S/c1-18-13-6-2-11(3-7-13)10-12-4-8-14(9-5-12)19(15,16)17/h4-5,8-9,11,13H,2-3,6-7,10H2,1H3,(H,15,16,17). The Bertz CT molecular complexity index is 499. The summed E-state index contributed by atoms with van der Waals surface area (Å²) in [4.78, 5) is -0.0423. The highest BCUT2D eigenvalue weighted by Crippen LogP contribution is 2.28. The number of methoxy groups -OCH3 is 1. The Labute approximate surface area is 114 Å². The lowest BCUT2D eigenvalue weighted by Crippen LogP contribution is -2.21. The van der Waals surface area contributed by atoms with Crippen molar-refractivity contribution in [3.63, 3.8) is 0 Å². The molecule has 2 rings (SSSR count). The molecule has 0 bridgehead atoms. The second-order valence-electron chi connectivity index (χ2n) is 5.20. The van der Waals surface area contributed by atoms with Gasteiger partial charge in [-0.3, -0.25) is 4.55 Å². The van der Waals surface area contributed by atoms with Gasteiger partial charge in [0.05, 0.1) is 11.0 Å². The van der Waals surface area contributed by atoms with Crippen molar-refractivity contribution >= 4 is 10.1 Å². The Kier molecular flexibility index (Phi) is 4.60. The predicted octanol–water partition coefficient (Wildman–Crippen LogP) is 2.68. The van der Waals surface area contributed by atoms with Crippen molar-refractivity contribution in [2.24, 2.45) is 5.92 Å². The minimum Gasteiger partial charge on any atom is -0.381 e. The Morgan fingerprint density at radius 1 is 1.16 bits per heavy atom. The number of hydrogen-bond acceptors (Lipinski definition) is 3. The first-order chi connectivity index (χ1) is 8.99. The summed E-state index contributed by atoms with van der Waals surface area (Å²) in [5.74, 6) is 0.642. The first-order valence-corrected chi connectivity index (χ1v) is 8.02. The van der Waals surface area contributed by atoms with E-state index in [1.54, 1.807) is 19.2 Å². The smallest absolute Gasteiger partial charge is 0.294 e. The van der Waals surface area contributed by atoms with Crippen LogP contribution in [0.5, 0.6) is 0 Å². The fraction of sp³-hybridized carbons (Fsp3) is 0.571. The largest absolute Gasteiger partial charge is 0.381 e. The minimum absolute atomic E-state index is 0.0423. The van der Waals surface area contributed by atoms with Crippen LogP contribution in [0, 0.1) is 5.92 Å². The zero-order chi connectivity index (χ0) is 13.9. The molecule has 106 valence electrons. The highest BCUT2D eigenvalue weighted by atomic mass is 32.2. The van der Waals surface area contributed by atoms with Gasteiger partial charge in [-0.1, -0.05) is 12.1 Å². The minimum atomic E-state index is -4.08. The van der Waals surface area contributed by atoms with E-state index in [2.05, 4.69) is 0 Å². The van der Waals surface area contributed by atoms with E-state index in [9.17, 15) is 8.42 Å². The molecule has 0 atom stereocenters. The van der Waals surface area contributed by atoms with Crippen molar-refractivity contribution in [1.29, 1.82) is 0 Å². The van der Waals surface area contributed by atoms with Crippen molar-refractivity contribution in [2.45, 2.75) is 43.1 Å². The summed E-state index contributed by atoms with van der Waals surface area (Å²) in [5.41, 5.74) is 1.12. The Morgan fingerprint density at radius 3 is 2.21 bits per heavy atom. The van der Waals surface area contributed by atoms with Crippen molar-refractivity contribution in [3.05, 3.63) is 29.8 Å². The molecule has 1 aliphatic rings. The topological polar surface area (TPSA) is 63.6 Å². The number of benzene rings is 1. The second-order valence-corrected chi connectivity index (χ2v) is 6.62. The van der Waals surface area contributed by atoms with Gasteiger partial charge >= 0.3 is 0 Å². The molecule has 0 heterocycles. The van der Waals surface area contributed by atoms with Crippen LogP contribution in [0.25, 0.3) is 0 Å².